The lowest BCUT2D eigenvalue weighted by Crippen LogP contribution is -2.55. The third-order valence-corrected chi connectivity index (χ3v) is 8.03. The molecule has 1 aromatic rings. The number of piperazine rings is 2. The van der Waals surface area contributed by atoms with Crippen LogP contribution >= 0.6 is 23.4 Å². The van der Waals surface area contributed by atoms with Crippen molar-refractivity contribution in [2.45, 2.75) is 50.7 Å². The Balaban J connectivity index is 1.32. The maximum absolute atomic E-state index is 12.9. The third kappa shape index (κ3) is 5.94. The molecule has 0 aromatic carbocycles. The Bertz CT molecular complexity index is 920. The predicted molar refractivity (Wildman–Crippen MR) is 132 cm³/mol. The van der Waals surface area contributed by atoms with Gasteiger partial charge in [0.1, 0.15) is 11.0 Å². The quantitative estimate of drug-likeness (QED) is 0.342. The zero-order valence-corrected chi connectivity index (χ0v) is 21.5. The normalized spacial score (nSPS) is 21.8. The van der Waals surface area contributed by atoms with Gasteiger partial charge in [-0.3, -0.25) is 14.4 Å². The summed E-state index contributed by atoms with van der Waals surface area (Å²) in [5, 5.41) is 0.808. The molecule has 1 unspecified atom stereocenters. The maximum atomic E-state index is 12.9. The number of amides is 3. The molecule has 9 nitrogen and oxygen atoms in total. The van der Waals surface area contributed by atoms with Gasteiger partial charge >= 0.3 is 0 Å². The molecule has 186 valence electrons. The smallest absolute Gasteiger partial charge is 0.233 e. The van der Waals surface area contributed by atoms with Crippen LogP contribution < -0.4 is 4.90 Å². The topological polar surface area (TPSA) is 90.0 Å². The van der Waals surface area contributed by atoms with Crippen molar-refractivity contribution in [3.05, 3.63) is 11.2 Å². The second-order valence-corrected chi connectivity index (χ2v) is 10.6. The minimum absolute atomic E-state index is 0.00555. The summed E-state index contributed by atoms with van der Waals surface area (Å²) in [6.45, 7) is 7.91. The Labute approximate surface area is 210 Å². The van der Waals surface area contributed by atoms with Crippen LogP contribution in [0.2, 0.25) is 5.15 Å². The highest BCUT2D eigenvalue weighted by Gasteiger charge is 2.33. The highest BCUT2D eigenvalue weighted by atomic mass is 35.5. The highest BCUT2D eigenvalue weighted by Crippen LogP contribution is 2.29. The molecule has 3 heterocycles. The van der Waals surface area contributed by atoms with E-state index in [1.807, 2.05) is 4.90 Å². The average Bonchev–Trinajstić information content (AvgIpc) is 3.37. The van der Waals surface area contributed by atoms with Crippen LogP contribution in [0.3, 0.4) is 0 Å². The lowest BCUT2D eigenvalue weighted by molar-refractivity contribution is -0.137. The second kappa shape index (κ2) is 11.1. The van der Waals surface area contributed by atoms with Crippen LogP contribution in [-0.4, -0.2) is 100.0 Å². The van der Waals surface area contributed by atoms with Gasteiger partial charge in [-0.25, -0.2) is 9.97 Å². The molecule has 11 heteroatoms. The molecular formula is C23H33ClN6O3S. The molecule has 0 N–H and O–H groups in total. The minimum Gasteiger partial charge on any atom is -0.353 e. The van der Waals surface area contributed by atoms with Crippen LogP contribution in [0.15, 0.2) is 11.2 Å². The molecule has 34 heavy (non-hydrogen) atoms. The molecule has 0 radical (unpaired) electrons. The molecule has 1 atom stereocenters. The molecule has 0 spiro atoms. The lowest BCUT2D eigenvalue weighted by Gasteiger charge is -2.41. The van der Waals surface area contributed by atoms with Crippen molar-refractivity contribution >= 4 is 46.9 Å². The Morgan fingerprint density at radius 1 is 1.03 bits per heavy atom. The van der Waals surface area contributed by atoms with Gasteiger partial charge in [-0.1, -0.05) is 36.2 Å². The number of carbonyl (C=O) groups excluding carboxylic acids is 3. The summed E-state index contributed by atoms with van der Waals surface area (Å²) in [5.41, 5.74) is 0. The summed E-state index contributed by atoms with van der Waals surface area (Å²) in [4.78, 5) is 53.7. The van der Waals surface area contributed by atoms with E-state index >= 15 is 0 Å². The predicted octanol–water partition coefficient (Wildman–Crippen LogP) is 2.14. The summed E-state index contributed by atoms with van der Waals surface area (Å²) >= 11 is 7.57. The zero-order valence-electron chi connectivity index (χ0n) is 19.9. The van der Waals surface area contributed by atoms with E-state index in [9.17, 15) is 14.4 Å². The van der Waals surface area contributed by atoms with Crippen molar-refractivity contribution in [1.82, 2.24) is 24.7 Å². The monoisotopic (exact) mass is 508 g/mol. The van der Waals surface area contributed by atoms with Crippen molar-refractivity contribution in [2.24, 2.45) is 5.92 Å². The first-order chi connectivity index (χ1) is 16.3. The van der Waals surface area contributed by atoms with Gasteiger partial charge in [0.15, 0.2) is 5.16 Å². The van der Waals surface area contributed by atoms with Crippen LogP contribution in [0.5, 0.6) is 0 Å². The third-order valence-electron chi connectivity index (χ3n) is 7.00. The van der Waals surface area contributed by atoms with Crippen LogP contribution in [0.25, 0.3) is 0 Å². The van der Waals surface area contributed by atoms with Crippen molar-refractivity contribution in [1.29, 1.82) is 0 Å². The second-order valence-electron chi connectivity index (χ2n) is 9.32. The summed E-state index contributed by atoms with van der Waals surface area (Å²) < 4.78 is 0. The van der Waals surface area contributed by atoms with Crippen LogP contribution in [0.1, 0.15) is 39.5 Å². The number of thioether (sulfide) groups is 1. The van der Waals surface area contributed by atoms with E-state index in [1.165, 1.54) is 11.8 Å². The van der Waals surface area contributed by atoms with Gasteiger partial charge in [-0.2, -0.15) is 0 Å². The van der Waals surface area contributed by atoms with Crippen LogP contribution in [0, 0.1) is 5.92 Å². The molecule has 4 rings (SSSR count). The fraction of sp³-hybridized carbons (Fsp3) is 0.696. The van der Waals surface area contributed by atoms with Crippen LogP contribution in [0.4, 0.5) is 5.82 Å². The number of nitrogens with zero attached hydrogens (tertiary/aromatic N) is 6. The van der Waals surface area contributed by atoms with Gasteiger partial charge in [-0.15, -0.1) is 0 Å². The number of carbonyl (C=O) groups is 3. The fourth-order valence-corrected chi connectivity index (χ4v) is 5.98. The van der Waals surface area contributed by atoms with E-state index in [0.717, 1.165) is 31.5 Å². The zero-order chi connectivity index (χ0) is 24.2. The first-order valence-corrected chi connectivity index (χ1v) is 13.4. The molecule has 1 aromatic heterocycles. The van der Waals surface area contributed by atoms with Gasteiger partial charge in [-0.05, 0) is 19.8 Å². The fourth-order valence-electron chi connectivity index (χ4n) is 5.00. The number of halogens is 1. The van der Waals surface area contributed by atoms with E-state index < -0.39 is 0 Å². The van der Waals surface area contributed by atoms with E-state index in [2.05, 4.69) is 21.8 Å². The first-order valence-electron chi connectivity index (χ1n) is 12.1. The van der Waals surface area contributed by atoms with E-state index in [4.69, 9.17) is 11.6 Å². The Hall–Kier alpha value is -2.07. The molecule has 0 bridgehead atoms. The SMILES string of the molecule is CC(=O)N1CCN(C(=O)CSc2nc(Cl)cc(N3CCN(C(=O)C4CCCC4)C(C)C3)n2)CC1. The molecule has 3 amide bonds. The molecule has 3 fully saturated rings. The van der Waals surface area contributed by atoms with Gasteiger partial charge in [0.05, 0.1) is 5.75 Å². The van der Waals surface area contributed by atoms with Crippen LogP contribution in [-0.2, 0) is 14.4 Å². The van der Waals surface area contributed by atoms with E-state index in [0.29, 0.717) is 62.0 Å². The van der Waals surface area contributed by atoms with Crippen molar-refractivity contribution < 1.29 is 14.4 Å². The molecule has 2 aliphatic heterocycles. The van der Waals surface area contributed by atoms with Crippen molar-refractivity contribution in [2.75, 3.05) is 56.5 Å². The number of hydrogen-bond donors (Lipinski definition) is 0. The number of aromatic nitrogens is 2. The number of rotatable bonds is 5. The van der Waals surface area contributed by atoms with E-state index in [-0.39, 0.29) is 29.5 Å². The Morgan fingerprint density at radius 3 is 2.35 bits per heavy atom. The van der Waals surface area contributed by atoms with Crippen molar-refractivity contribution in [3.63, 3.8) is 0 Å². The summed E-state index contributed by atoms with van der Waals surface area (Å²) in [7, 11) is 0. The lowest BCUT2D eigenvalue weighted by atomic mass is 10.0. The van der Waals surface area contributed by atoms with E-state index in [1.54, 1.807) is 22.8 Å². The molecule has 1 aliphatic carbocycles. The molecule has 1 saturated carbocycles. The van der Waals surface area contributed by atoms with Gasteiger partial charge in [0, 0.05) is 70.8 Å². The molecule has 3 aliphatic rings. The highest BCUT2D eigenvalue weighted by molar-refractivity contribution is 7.99. The van der Waals surface area contributed by atoms with Crippen molar-refractivity contribution in [3.8, 4) is 0 Å². The molecule has 2 saturated heterocycles. The van der Waals surface area contributed by atoms with Gasteiger partial charge < -0.3 is 19.6 Å². The Kier molecular flexibility index (Phi) is 8.18. The Morgan fingerprint density at radius 2 is 1.71 bits per heavy atom. The van der Waals surface area contributed by atoms with Gasteiger partial charge in [0.25, 0.3) is 0 Å². The largest absolute Gasteiger partial charge is 0.353 e. The number of hydrogen-bond acceptors (Lipinski definition) is 7. The maximum Gasteiger partial charge on any atom is 0.233 e. The first kappa shape index (κ1) is 25.0. The summed E-state index contributed by atoms with van der Waals surface area (Å²) in [6.07, 6.45) is 4.33. The number of anilines is 1. The minimum atomic E-state index is 0.00555. The average molecular weight is 509 g/mol. The molecular weight excluding hydrogens is 476 g/mol. The van der Waals surface area contributed by atoms with Gasteiger partial charge in [0.2, 0.25) is 17.7 Å². The summed E-state index contributed by atoms with van der Waals surface area (Å²) in [5.74, 6) is 1.48. The standard InChI is InChI=1S/C23H33ClN6O3S/c1-16-14-29(11-12-30(16)22(33)18-5-3-4-6-18)20-13-19(24)25-23(26-20)34-15-21(32)28-9-7-27(8-10-28)17(2)31/h13,16,18H,3-12,14-15H2,1-2H3. The summed E-state index contributed by atoms with van der Waals surface area (Å²) in [6, 6.07) is 1.84.